The molecule has 23 heavy (non-hydrogen) atoms. The third-order valence-electron chi connectivity index (χ3n) is 5.83. The van der Waals surface area contributed by atoms with Gasteiger partial charge in [0.05, 0.1) is 5.39 Å². The van der Waals surface area contributed by atoms with E-state index >= 15 is 0 Å². The molecular weight excluding hydrogens is 280 g/mol. The third kappa shape index (κ3) is 1.30. The minimum atomic E-state index is 0.575. The molecule has 2 nitrogen and oxygen atoms in total. The van der Waals surface area contributed by atoms with Crippen LogP contribution in [-0.2, 0) is 19.4 Å². The standard InChI is InChI=1S/C21H19N2/c1-12(2)15-8-13-6-7-16-11-22-10-14-4-3-5-17-18(9-15)20(13)23(16)21(22)19(14)17/h3-5,8-9,11-12H,6-7,10H2,1-2H3/q+1. The maximum Gasteiger partial charge on any atom is 0.295 e. The molecule has 0 fully saturated rings. The van der Waals surface area contributed by atoms with Crippen molar-refractivity contribution in [1.82, 2.24) is 4.40 Å². The number of nitrogens with zero attached hydrogens (tertiary/aromatic N) is 2. The summed E-state index contributed by atoms with van der Waals surface area (Å²) in [5.74, 6) is 0.575. The first kappa shape index (κ1) is 12.1. The number of aryl methyl sites for hydroxylation is 2. The number of aromatic nitrogens is 2. The van der Waals surface area contributed by atoms with Crippen molar-refractivity contribution in [2.24, 2.45) is 0 Å². The van der Waals surface area contributed by atoms with E-state index in [1.54, 1.807) is 0 Å². The van der Waals surface area contributed by atoms with Crippen molar-refractivity contribution in [3.8, 4) is 0 Å². The first-order valence-electron chi connectivity index (χ1n) is 8.66. The van der Waals surface area contributed by atoms with Crippen LogP contribution >= 0.6 is 0 Å². The van der Waals surface area contributed by atoms with Crippen LogP contribution in [0.3, 0.4) is 0 Å². The van der Waals surface area contributed by atoms with E-state index in [2.05, 4.69) is 59.3 Å². The molecule has 0 saturated heterocycles. The van der Waals surface area contributed by atoms with Crippen LogP contribution in [0.15, 0.2) is 36.5 Å². The van der Waals surface area contributed by atoms with Crippen molar-refractivity contribution in [3.05, 3.63) is 58.9 Å². The highest BCUT2D eigenvalue weighted by atomic mass is 15.1. The summed E-state index contributed by atoms with van der Waals surface area (Å²) in [6.07, 6.45) is 4.71. The second-order valence-electron chi connectivity index (χ2n) is 7.48. The molecule has 0 bridgehead atoms. The lowest BCUT2D eigenvalue weighted by atomic mass is 9.91. The average Bonchev–Trinajstić information content (AvgIpc) is 3.09. The summed E-state index contributed by atoms with van der Waals surface area (Å²) in [6, 6.07) is 11.7. The highest BCUT2D eigenvalue weighted by Crippen LogP contribution is 2.39. The van der Waals surface area contributed by atoms with Crippen LogP contribution in [0, 0.1) is 0 Å². The van der Waals surface area contributed by atoms with Crippen molar-refractivity contribution in [1.29, 1.82) is 0 Å². The Balaban J connectivity index is 1.99. The van der Waals surface area contributed by atoms with Crippen LogP contribution in [0.2, 0.25) is 0 Å². The molecule has 2 aliphatic heterocycles. The number of fused-ring (bicyclic) bond motifs is 1. The topological polar surface area (TPSA) is 8.29 Å². The Labute approximate surface area is 135 Å². The van der Waals surface area contributed by atoms with Gasteiger partial charge in [0.25, 0.3) is 5.65 Å². The van der Waals surface area contributed by atoms with Crippen molar-refractivity contribution in [2.45, 2.75) is 39.2 Å². The Kier molecular flexibility index (Phi) is 1.98. The van der Waals surface area contributed by atoms with E-state index in [0.717, 1.165) is 13.0 Å². The molecule has 2 aromatic heterocycles. The highest BCUT2D eigenvalue weighted by Gasteiger charge is 2.33. The Morgan fingerprint density at radius 3 is 2.83 bits per heavy atom. The second kappa shape index (κ2) is 3.76. The number of hydrogen-bond donors (Lipinski definition) is 0. The Hall–Kier alpha value is -2.35. The lowest BCUT2D eigenvalue weighted by molar-refractivity contribution is -0.657. The fourth-order valence-corrected chi connectivity index (χ4v) is 4.74. The van der Waals surface area contributed by atoms with Gasteiger partial charge in [-0.05, 0) is 24.0 Å². The van der Waals surface area contributed by atoms with Crippen LogP contribution in [0.25, 0.3) is 27.3 Å². The fourth-order valence-electron chi connectivity index (χ4n) is 4.74. The third-order valence-corrected chi connectivity index (χ3v) is 5.83. The number of pyridine rings is 1. The van der Waals surface area contributed by atoms with Crippen LogP contribution in [0.1, 0.15) is 42.1 Å². The molecule has 0 spiro atoms. The molecule has 2 aromatic carbocycles. The van der Waals surface area contributed by atoms with Crippen molar-refractivity contribution in [3.63, 3.8) is 0 Å². The van der Waals surface area contributed by atoms with Gasteiger partial charge in [0.1, 0.15) is 24.0 Å². The van der Waals surface area contributed by atoms with Gasteiger partial charge >= 0.3 is 0 Å². The van der Waals surface area contributed by atoms with Gasteiger partial charge in [-0.3, -0.25) is 0 Å². The molecular formula is C21H19N2+. The van der Waals surface area contributed by atoms with E-state index in [0.29, 0.717) is 5.92 Å². The Bertz CT molecular complexity index is 1160. The van der Waals surface area contributed by atoms with E-state index in [1.807, 2.05) is 0 Å². The molecule has 0 aliphatic carbocycles. The molecule has 2 heteroatoms. The summed E-state index contributed by atoms with van der Waals surface area (Å²) in [5, 5.41) is 4.35. The zero-order valence-electron chi connectivity index (χ0n) is 13.6. The van der Waals surface area contributed by atoms with E-state index in [4.69, 9.17) is 0 Å². The van der Waals surface area contributed by atoms with Crippen LogP contribution < -0.4 is 4.57 Å². The number of hydrogen-bond acceptors (Lipinski definition) is 0. The van der Waals surface area contributed by atoms with Crippen LogP contribution in [0.5, 0.6) is 0 Å². The smallest absolute Gasteiger partial charge is 0.225 e. The van der Waals surface area contributed by atoms with Gasteiger partial charge < -0.3 is 0 Å². The number of benzene rings is 2. The Morgan fingerprint density at radius 1 is 1.04 bits per heavy atom. The summed E-state index contributed by atoms with van der Waals surface area (Å²) >= 11 is 0. The molecule has 0 N–H and O–H groups in total. The van der Waals surface area contributed by atoms with E-state index in [1.165, 1.54) is 56.1 Å². The SMILES string of the molecule is CC(C)c1cc2c3c(c1)c1cccc4c1c1n3c(c[n+]1C4)CC2. The van der Waals surface area contributed by atoms with Gasteiger partial charge in [-0.15, -0.1) is 0 Å². The zero-order chi connectivity index (χ0) is 15.3. The largest absolute Gasteiger partial charge is 0.295 e. The van der Waals surface area contributed by atoms with Gasteiger partial charge in [-0.2, -0.15) is 4.40 Å². The predicted octanol–water partition coefficient (Wildman–Crippen LogP) is 4.12. The molecule has 0 saturated carbocycles. The van der Waals surface area contributed by atoms with E-state index < -0.39 is 0 Å². The van der Waals surface area contributed by atoms with Crippen molar-refractivity contribution >= 4 is 27.3 Å². The molecule has 2 aliphatic rings. The minimum Gasteiger partial charge on any atom is -0.225 e. The van der Waals surface area contributed by atoms with Crippen LogP contribution in [-0.4, -0.2) is 4.40 Å². The maximum atomic E-state index is 2.55. The first-order chi connectivity index (χ1) is 11.2. The predicted molar refractivity (Wildman–Crippen MR) is 93.2 cm³/mol. The number of imidazole rings is 1. The van der Waals surface area contributed by atoms with Gasteiger partial charge in [0.15, 0.2) is 0 Å². The quantitative estimate of drug-likeness (QED) is 0.325. The van der Waals surface area contributed by atoms with Gasteiger partial charge in [0.2, 0.25) is 0 Å². The zero-order valence-corrected chi connectivity index (χ0v) is 13.6. The molecule has 6 rings (SSSR count). The minimum absolute atomic E-state index is 0.575. The molecule has 4 heterocycles. The Morgan fingerprint density at radius 2 is 1.96 bits per heavy atom. The normalized spacial score (nSPS) is 15.3. The molecule has 0 atom stereocenters. The lowest BCUT2D eigenvalue weighted by Crippen LogP contribution is -2.28. The van der Waals surface area contributed by atoms with Crippen molar-refractivity contribution < 1.29 is 4.57 Å². The second-order valence-corrected chi connectivity index (χ2v) is 7.48. The van der Waals surface area contributed by atoms with Gasteiger partial charge in [-0.25, -0.2) is 4.57 Å². The average molecular weight is 299 g/mol. The molecule has 0 radical (unpaired) electrons. The van der Waals surface area contributed by atoms with E-state index in [-0.39, 0.29) is 0 Å². The molecule has 112 valence electrons. The van der Waals surface area contributed by atoms with Gasteiger partial charge in [0, 0.05) is 28.3 Å². The maximum absolute atomic E-state index is 2.55. The highest BCUT2D eigenvalue weighted by molar-refractivity contribution is 6.14. The summed E-state index contributed by atoms with van der Waals surface area (Å²) in [7, 11) is 0. The summed E-state index contributed by atoms with van der Waals surface area (Å²) in [6.45, 7) is 5.63. The monoisotopic (exact) mass is 299 g/mol. The van der Waals surface area contributed by atoms with Gasteiger partial charge in [-0.1, -0.05) is 38.1 Å². The number of rotatable bonds is 1. The summed E-state index contributed by atoms with van der Waals surface area (Å²) in [5.41, 5.74) is 8.82. The lowest BCUT2D eigenvalue weighted by Gasteiger charge is -2.16. The molecule has 4 aromatic rings. The molecule has 0 unspecified atom stereocenters. The van der Waals surface area contributed by atoms with E-state index in [9.17, 15) is 0 Å². The summed E-state index contributed by atoms with van der Waals surface area (Å²) in [4.78, 5) is 0. The van der Waals surface area contributed by atoms with Crippen molar-refractivity contribution in [2.75, 3.05) is 0 Å². The summed E-state index contributed by atoms with van der Waals surface area (Å²) < 4.78 is 5.01. The van der Waals surface area contributed by atoms with Crippen LogP contribution in [0.4, 0.5) is 0 Å². The fraction of sp³-hybridized carbons (Fsp3) is 0.286. The molecule has 0 amide bonds. The first-order valence-corrected chi connectivity index (χ1v) is 8.66.